The molecule has 0 spiro atoms. The van der Waals surface area contributed by atoms with Crippen molar-refractivity contribution in [2.45, 2.75) is 33.2 Å². The number of nitrogens with two attached hydrogens (primary N) is 1. The van der Waals surface area contributed by atoms with Gasteiger partial charge in [0, 0.05) is 18.0 Å². The van der Waals surface area contributed by atoms with Crippen LogP contribution in [-0.2, 0) is 0 Å². The highest BCUT2D eigenvalue weighted by Gasteiger charge is 2.23. The molecule has 0 bridgehead atoms. The first kappa shape index (κ1) is 15.5. The van der Waals surface area contributed by atoms with Crippen molar-refractivity contribution in [1.82, 2.24) is 0 Å². The molecule has 2 N–H and O–H groups in total. The largest absolute Gasteiger partial charge is 0.327 e. The molecule has 21 heavy (non-hydrogen) atoms. The van der Waals surface area contributed by atoms with Crippen molar-refractivity contribution in [3.8, 4) is 11.1 Å². The smallest absolute Gasteiger partial charge is 0.164 e. The average Bonchev–Trinajstić information content (AvgIpc) is 2.47. The van der Waals surface area contributed by atoms with Gasteiger partial charge in [0.2, 0.25) is 0 Å². The van der Waals surface area contributed by atoms with Gasteiger partial charge in [-0.1, -0.05) is 75.4 Å². The molecule has 2 heteroatoms. The van der Waals surface area contributed by atoms with Crippen molar-refractivity contribution < 1.29 is 4.79 Å². The Hall–Kier alpha value is -1.93. The highest BCUT2D eigenvalue weighted by molar-refractivity contribution is 5.96. The molecule has 1 unspecified atom stereocenters. The van der Waals surface area contributed by atoms with Crippen LogP contribution in [0.1, 0.15) is 37.6 Å². The molecule has 0 fully saturated rings. The van der Waals surface area contributed by atoms with Crippen LogP contribution < -0.4 is 5.73 Å². The van der Waals surface area contributed by atoms with Gasteiger partial charge in [0.15, 0.2) is 5.78 Å². The van der Waals surface area contributed by atoms with Gasteiger partial charge < -0.3 is 5.73 Å². The average molecular weight is 281 g/mol. The van der Waals surface area contributed by atoms with Crippen LogP contribution in [0.25, 0.3) is 11.1 Å². The van der Waals surface area contributed by atoms with Gasteiger partial charge in [-0.15, -0.1) is 0 Å². The van der Waals surface area contributed by atoms with E-state index in [4.69, 9.17) is 5.73 Å². The van der Waals surface area contributed by atoms with Crippen molar-refractivity contribution in [2.24, 2.45) is 11.1 Å². The molecule has 0 aliphatic carbocycles. The number of benzene rings is 2. The van der Waals surface area contributed by atoms with Gasteiger partial charge in [0.05, 0.1) is 0 Å². The Morgan fingerprint density at radius 2 is 1.48 bits per heavy atom. The lowest BCUT2D eigenvalue weighted by molar-refractivity contribution is 0.0953. The van der Waals surface area contributed by atoms with Crippen molar-refractivity contribution in [2.75, 3.05) is 0 Å². The molecule has 1 atom stereocenters. The minimum Gasteiger partial charge on any atom is -0.327 e. The van der Waals surface area contributed by atoms with E-state index < -0.39 is 0 Å². The molecule has 2 nitrogen and oxygen atoms in total. The lowest BCUT2D eigenvalue weighted by Crippen LogP contribution is -2.36. The van der Waals surface area contributed by atoms with Crippen molar-refractivity contribution >= 4 is 5.78 Å². The molecule has 2 aromatic carbocycles. The molecule has 0 aliphatic rings. The van der Waals surface area contributed by atoms with Crippen LogP contribution in [0, 0.1) is 5.41 Å². The fourth-order valence-electron chi connectivity index (χ4n) is 2.10. The van der Waals surface area contributed by atoms with E-state index in [1.807, 2.05) is 42.5 Å². The lowest BCUT2D eigenvalue weighted by atomic mass is 9.83. The van der Waals surface area contributed by atoms with Gasteiger partial charge >= 0.3 is 0 Å². The number of ketones is 1. The molecule has 0 radical (unpaired) electrons. The van der Waals surface area contributed by atoms with Gasteiger partial charge in [-0.2, -0.15) is 0 Å². The third kappa shape index (κ3) is 4.02. The van der Waals surface area contributed by atoms with Crippen LogP contribution in [0.15, 0.2) is 54.6 Å². The van der Waals surface area contributed by atoms with Crippen molar-refractivity contribution in [1.29, 1.82) is 0 Å². The quantitative estimate of drug-likeness (QED) is 0.849. The maximum absolute atomic E-state index is 12.3. The zero-order valence-corrected chi connectivity index (χ0v) is 13.0. The van der Waals surface area contributed by atoms with E-state index in [9.17, 15) is 4.79 Å². The first-order valence-corrected chi connectivity index (χ1v) is 7.32. The predicted molar refractivity (Wildman–Crippen MR) is 88.3 cm³/mol. The zero-order valence-electron chi connectivity index (χ0n) is 13.0. The summed E-state index contributed by atoms with van der Waals surface area (Å²) in [5, 5.41) is 0. The van der Waals surface area contributed by atoms with Crippen LogP contribution >= 0.6 is 0 Å². The first-order chi connectivity index (χ1) is 9.88. The van der Waals surface area contributed by atoms with Crippen molar-refractivity contribution in [3.63, 3.8) is 0 Å². The summed E-state index contributed by atoms with van der Waals surface area (Å²) in [6, 6.07) is 17.8. The zero-order chi connectivity index (χ0) is 15.5. The van der Waals surface area contributed by atoms with Crippen LogP contribution in [0.5, 0.6) is 0 Å². The maximum atomic E-state index is 12.3. The Morgan fingerprint density at radius 1 is 0.952 bits per heavy atom. The number of hydrogen-bond acceptors (Lipinski definition) is 2. The second-order valence-electron chi connectivity index (χ2n) is 6.54. The van der Waals surface area contributed by atoms with E-state index in [1.165, 1.54) is 0 Å². The summed E-state index contributed by atoms with van der Waals surface area (Å²) in [5.74, 6) is 0.108. The highest BCUT2D eigenvalue weighted by Crippen LogP contribution is 2.23. The third-order valence-corrected chi connectivity index (χ3v) is 3.83. The summed E-state index contributed by atoms with van der Waals surface area (Å²) < 4.78 is 0. The van der Waals surface area contributed by atoms with E-state index in [0.717, 1.165) is 16.7 Å². The van der Waals surface area contributed by atoms with E-state index in [2.05, 4.69) is 32.9 Å². The number of carbonyl (C=O) groups is 1. The van der Waals surface area contributed by atoms with Gasteiger partial charge in [-0.25, -0.2) is 0 Å². The minimum absolute atomic E-state index is 0.0559. The van der Waals surface area contributed by atoms with Gasteiger partial charge in [0.25, 0.3) is 0 Å². The molecule has 0 aliphatic heterocycles. The lowest BCUT2D eigenvalue weighted by Gasteiger charge is -2.26. The monoisotopic (exact) mass is 281 g/mol. The second-order valence-corrected chi connectivity index (χ2v) is 6.54. The van der Waals surface area contributed by atoms with Crippen LogP contribution in [0.4, 0.5) is 0 Å². The molecular weight excluding hydrogens is 258 g/mol. The minimum atomic E-state index is -0.126. The summed E-state index contributed by atoms with van der Waals surface area (Å²) in [7, 11) is 0. The Balaban J connectivity index is 2.11. The van der Waals surface area contributed by atoms with E-state index in [-0.39, 0.29) is 17.2 Å². The summed E-state index contributed by atoms with van der Waals surface area (Å²) in [4.78, 5) is 12.3. The number of rotatable bonds is 4. The summed E-state index contributed by atoms with van der Waals surface area (Å²) in [6.07, 6.45) is 0.383. The van der Waals surface area contributed by atoms with E-state index >= 15 is 0 Å². The normalized spacial score (nSPS) is 13.0. The number of Topliss-reactive ketones (excluding diaryl/α,β-unsaturated/α-hetero) is 1. The Labute approximate surface area is 127 Å². The van der Waals surface area contributed by atoms with E-state index in [0.29, 0.717) is 6.42 Å². The SMILES string of the molecule is CC(C)(C)C(N)CC(=O)c1ccc(-c2ccccc2)cc1. The maximum Gasteiger partial charge on any atom is 0.164 e. The molecule has 2 aromatic rings. The molecule has 0 aromatic heterocycles. The molecule has 0 amide bonds. The Bertz CT molecular complexity index is 594. The Kier molecular flexibility index (Phi) is 4.59. The van der Waals surface area contributed by atoms with Crippen LogP contribution in [0.3, 0.4) is 0 Å². The number of hydrogen-bond donors (Lipinski definition) is 1. The first-order valence-electron chi connectivity index (χ1n) is 7.32. The fourth-order valence-corrected chi connectivity index (χ4v) is 2.10. The highest BCUT2D eigenvalue weighted by atomic mass is 16.1. The van der Waals surface area contributed by atoms with Gasteiger partial charge in [0.1, 0.15) is 0 Å². The van der Waals surface area contributed by atoms with Crippen LogP contribution in [-0.4, -0.2) is 11.8 Å². The molecular formula is C19H23NO. The van der Waals surface area contributed by atoms with Crippen molar-refractivity contribution in [3.05, 3.63) is 60.2 Å². The molecule has 110 valence electrons. The standard InChI is InChI=1S/C19H23NO/c1-19(2,3)18(20)13-17(21)16-11-9-15(10-12-16)14-7-5-4-6-8-14/h4-12,18H,13,20H2,1-3H3. The number of carbonyl (C=O) groups excluding carboxylic acids is 1. The second kappa shape index (κ2) is 6.23. The summed E-state index contributed by atoms with van der Waals surface area (Å²) in [5.41, 5.74) is 9.04. The fraction of sp³-hybridized carbons (Fsp3) is 0.316. The summed E-state index contributed by atoms with van der Waals surface area (Å²) in [6.45, 7) is 6.18. The van der Waals surface area contributed by atoms with Crippen LogP contribution in [0.2, 0.25) is 0 Å². The topological polar surface area (TPSA) is 43.1 Å². The van der Waals surface area contributed by atoms with Gasteiger partial charge in [-0.3, -0.25) is 4.79 Å². The summed E-state index contributed by atoms with van der Waals surface area (Å²) >= 11 is 0. The third-order valence-electron chi connectivity index (χ3n) is 3.83. The Morgan fingerprint density at radius 3 is 2.00 bits per heavy atom. The molecule has 0 saturated heterocycles. The predicted octanol–water partition coefficient (Wildman–Crippen LogP) is 4.30. The molecule has 2 rings (SSSR count). The van der Waals surface area contributed by atoms with Gasteiger partial charge in [-0.05, 0) is 16.5 Å². The molecule has 0 saturated carbocycles. The molecule has 0 heterocycles. The van der Waals surface area contributed by atoms with E-state index in [1.54, 1.807) is 0 Å².